The maximum atomic E-state index is 12.6. The Morgan fingerprint density at radius 2 is 1.95 bits per heavy atom. The molecule has 108 valence electrons. The molecule has 5 heteroatoms. The van der Waals surface area contributed by atoms with Gasteiger partial charge in [0.25, 0.3) is 0 Å². The van der Waals surface area contributed by atoms with Crippen LogP contribution in [0.3, 0.4) is 0 Å². The van der Waals surface area contributed by atoms with Crippen LogP contribution in [0.25, 0.3) is 0 Å². The molecule has 2 fully saturated rings. The number of carboxylic acids is 1. The van der Waals surface area contributed by atoms with Crippen LogP contribution in [-0.4, -0.2) is 47.1 Å². The van der Waals surface area contributed by atoms with Gasteiger partial charge in [-0.2, -0.15) is 0 Å². The Kier molecular flexibility index (Phi) is 4.80. The summed E-state index contributed by atoms with van der Waals surface area (Å²) in [5, 5.41) is 12.4. The summed E-state index contributed by atoms with van der Waals surface area (Å²) in [5.41, 5.74) is 0. The fourth-order valence-electron chi connectivity index (χ4n) is 3.34. The number of nitrogens with one attached hydrogen (secondary N) is 1. The van der Waals surface area contributed by atoms with E-state index in [2.05, 4.69) is 12.2 Å². The van der Waals surface area contributed by atoms with Crippen LogP contribution in [0.4, 0.5) is 0 Å². The zero-order chi connectivity index (χ0) is 13.8. The van der Waals surface area contributed by atoms with E-state index in [1.54, 1.807) is 4.90 Å². The van der Waals surface area contributed by atoms with Crippen molar-refractivity contribution >= 4 is 11.9 Å². The Hall–Kier alpha value is -1.10. The molecule has 19 heavy (non-hydrogen) atoms. The minimum absolute atomic E-state index is 0.00352. The number of aliphatic carboxylic acids is 1. The van der Waals surface area contributed by atoms with Crippen molar-refractivity contribution in [2.24, 2.45) is 5.92 Å². The third kappa shape index (κ3) is 3.69. The van der Waals surface area contributed by atoms with Gasteiger partial charge < -0.3 is 15.3 Å². The molecule has 0 aromatic rings. The molecule has 5 nitrogen and oxygen atoms in total. The van der Waals surface area contributed by atoms with Gasteiger partial charge in [-0.25, -0.2) is 0 Å². The third-order valence-electron chi connectivity index (χ3n) is 4.33. The predicted molar refractivity (Wildman–Crippen MR) is 71.8 cm³/mol. The van der Waals surface area contributed by atoms with Gasteiger partial charge in [0, 0.05) is 18.0 Å². The second kappa shape index (κ2) is 6.37. The smallest absolute Gasteiger partial charge is 0.323 e. The standard InChI is InChI=1S/C14H24N2O3/c1-10-8-11(6-7-15-10)14(19)16(9-13(17)18)12-4-2-3-5-12/h10-12,15H,2-9H2,1H3,(H,17,18). The van der Waals surface area contributed by atoms with Gasteiger partial charge in [-0.15, -0.1) is 0 Å². The first-order valence-electron chi connectivity index (χ1n) is 7.33. The summed E-state index contributed by atoms with van der Waals surface area (Å²) in [6.07, 6.45) is 5.78. The fraction of sp³-hybridized carbons (Fsp3) is 0.857. The normalized spacial score (nSPS) is 28.3. The Morgan fingerprint density at radius 1 is 1.26 bits per heavy atom. The molecule has 1 saturated heterocycles. The van der Waals surface area contributed by atoms with E-state index in [9.17, 15) is 9.59 Å². The van der Waals surface area contributed by atoms with E-state index in [-0.39, 0.29) is 24.4 Å². The summed E-state index contributed by atoms with van der Waals surface area (Å²) in [6.45, 7) is 2.79. The van der Waals surface area contributed by atoms with Gasteiger partial charge in [0.2, 0.25) is 5.91 Å². The van der Waals surface area contributed by atoms with Crippen LogP contribution in [0.5, 0.6) is 0 Å². The van der Waals surface area contributed by atoms with Crippen LogP contribution in [0.15, 0.2) is 0 Å². The van der Waals surface area contributed by atoms with Crippen LogP contribution < -0.4 is 5.32 Å². The predicted octanol–water partition coefficient (Wildman–Crippen LogP) is 1.23. The first kappa shape index (κ1) is 14.3. The van der Waals surface area contributed by atoms with E-state index in [0.29, 0.717) is 6.04 Å². The largest absolute Gasteiger partial charge is 0.480 e. The number of nitrogens with zero attached hydrogens (tertiary/aromatic N) is 1. The van der Waals surface area contributed by atoms with Crippen molar-refractivity contribution in [1.82, 2.24) is 10.2 Å². The third-order valence-corrected chi connectivity index (χ3v) is 4.33. The molecule has 0 aromatic heterocycles. The van der Waals surface area contributed by atoms with Gasteiger partial charge in [-0.1, -0.05) is 12.8 Å². The zero-order valence-corrected chi connectivity index (χ0v) is 11.6. The van der Waals surface area contributed by atoms with E-state index in [1.807, 2.05) is 0 Å². The summed E-state index contributed by atoms with van der Waals surface area (Å²) in [5.74, 6) is -0.846. The van der Waals surface area contributed by atoms with Crippen LogP contribution in [0.1, 0.15) is 45.4 Å². The highest BCUT2D eigenvalue weighted by atomic mass is 16.4. The first-order valence-corrected chi connectivity index (χ1v) is 7.33. The van der Waals surface area contributed by atoms with E-state index in [1.165, 1.54) is 0 Å². The Labute approximate surface area is 114 Å². The highest BCUT2D eigenvalue weighted by Crippen LogP contribution is 2.27. The number of rotatable bonds is 4. The summed E-state index contributed by atoms with van der Waals surface area (Å²) in [6, 6.07) is 0.492. The minimum Gasteiger partial charge on any atom is -0.480 e. The lowest BCUT2D eigenvalue weighted by atomic mass is 9.91. The van der Waals surface area contributed by atoms with Crippen LogP contribution in [0.2, 0.25) is 0 Å². The second-order valence-electron chi connectivity index (χ2n) is 5.87. The molecule has 1 heterocycles. The van der Waals surface area contributed by atoms with Crippen molar-refractivity contribution < 1.29 is 14.7 Å². The van der Waals surface area contributed by atoms with E-state index in [0.717, 1.165) is 45.1 Å². The number of carbonyl (C=O) groups is 2. The van der Waals surface area contributed by atoms with Gasteiger partial charge in [-0.05, 0) is 39.2 Å². The van der Waals surface area contributed by atoms with Crippen molar-refractivity contribution in [2.45, 2.75) is 57.5 Å². The van der Waals surface area contributed by atoms with Gasteiger partial charge in [0.15, 0.2) is 0 Å². The molecule has 0 spiro atoms. The second-order valence-corrected chi connectivity index (χ2v) is 5.87. The Bertz CT molecular complexity index is 340. The maximum absolute atomic E-state index is 12.6. The average Bonchev–Trinajstić information content (AvgIpc) is 2.88. The molecule has 1 aliphatic heterocycles. The highest BCUT2D eigenvalue weighted by molar-refractivity contribution is 5.83. The molecule has 0 bridgehead atoms. The number of carboxylic acid groups (broad SMARTS) is 1. The van der Waals surface area contributed by atoms with Gasteiger partial charge >= 0.3 is 5.97 Å². The molecular formula is C14H24N2O3. The van der Waals surface area contributed by atoms with Crippen LogP contribution in [-0.2, 0) is 9.59 Å². The van der Waals surface area contributed by atoms with Crippen molar-refractivity contribution in [3.63, 3.8) is 0 Å². The van der Waals surface area contributed by atoms with Gasteiger partial charge in [0.05, 0.1) is 0 Å². The monoisotopic (exact) mass is 268 g/mol. The molecule has 2 N–H and O–H groups in total. The summed E-state index contributed by atoms with van der Waals surface area (Å²) in [7, 11) is 0. The lowest BCUT2D eigenvalue weighted by Crippen LogP contribution is -2.48. The molecular weight excluding hydrogens is 244 g/mol. The van der Waals surface area contributed by atoms with Crippen molar-refractivity contribution in [2.75, 3.05) is 13.1 Å². The molecule has 0 aromatic carbocycles. The number of carbonyl (C=O) groups excluding carboxylic acids is 1. The first-order chi connectivity index (χ1) is 9.08. The van der Waals surface area contributed by atoms with Crippen LogP contribution in [0, 0.1) is 5.92 Å². The van der Waals surface area contributed by atoms with E-state index < -0.39 is 5.97 Å². The lowest BCUT2D eigenvalue weighted by molar-refractivity contribution is -0.148. The van der Waals surface area contributed by atoms with Crippen molar-refractivity contribution in [1.29, 1.82) is 0 Å². The molecule has 2 rings (SSSR count). The van der Waals surface area contributed by atoms with E-state index >= 15 is 0 Å². The Balaban J connectivity index is 2.03. The van der Waals surface area contributed by atoms with Crippen LogP contribution >= 0.6 is 0 Å². The number of piperidine rings is 1. The number of amides is 1. The molecule has 1 amide bonds. The fourth-order valence-corrected chi connectivity index (χ4v) is 3.34. The topological polar surface area (TPSA) is 69.6 Å². The van der Waals surface area contributed by atoms with Gasteiger partial charge in [0.1, 0.15) is 6.54 Å². The number of hydrogen-bond acceptors (Lipinski definition) is 3. The SMILES string of the molecule is CC1CC(C(=O)N(CC(=O)O)C2CCCC2)CCN1. The molecule has 1 aliphatic carbocycles. The maximum Gasteiger partial charge on any atom is 0.323 e. The molecule has 2 aliphatic rings. The lowest BCUT2D eigenvalue weighted by Gasteiger charge is -2.34. The molecule has 1 saturated carbocycles. The van der Waals surface area contributed by atoms with Crippen molar-refractivity contribution in [3.8, 4) is 0 Å². The molecule has 2 unspecified atom stereocenters. The summed E-state index contributed by atoms with van der Waals surface area (Å²) in [4.78, 5) is 25.2. The average molecular weight is 268 g/mol. The quantitative estimate of drug-likeness (QED) is 0.804. The highest BCUT2D eigenvalue weighted by Gasteiger charge is 2.34. The molecule has 0 radical (unpaired) electrons. The zero-order valence-electron chi connectivity index (χ0n) is 11.6. The van der Waals surface area contributed by atoms with Crippen molar-refractivity contribution in [3.05, 3.63) is 0 Å². The van der Waals surface area contributed by atoms with Gasteiger partial charge in [-0.3, -0.25) is 9.59 Å². The summed E-state index contributed by atoms with van der Waals surface area (Å²) < 4.78 is 0. The Morgan fingerprint density at radius 3 is 2.53 bits per heavy atom. The van der Waals surface area contributed by atoms with E-state index in [4.69, 9.17) is 5.11 Å². The minimum atomic E-state index is -0.901. The number of hydrogen-bond donors (Lipinski definition) is 2. The molecule has 2 atom stereocenters. The summed E-state index contributed by atoms with van der Waals surface area (Å²) >= 11 is 0.